The van der Waals surface area contributed by atoms with Crippen LogP contribution < -0.4 is 5.32 Å². The first-order valence-electron chi connectivity index (χ1n) is 7.54. The number of nitrogens with one attached hydrogen (secondary N) is 1. The monoisotopic (exact) mass is 237 g/mol. The van der Waals surface area contributed by atoms with Crippen molar-refractivity contribution in [3.8, 4) is 0 Å². The SMILES string of the molecule is CNC1CCCC1N1CCC(N2CCCC2)C1. The van der Waals surface area contributed by atoms with Crippen molar-refractivity contribution in [1.29, 1.82) is 0 Å². The van der Waals surface area contributed by atoms with Crippen molar-refractivity contribution >= 4 is 0 Å². The van der Waals surface area contributed by atoms with E-state index in [1.165, 1.54) is 64.7 Å². The number of rotatable bonds is 3. The zero-order valence-corrected chi connectivity index (χ0v) is 11.2. The van der Waals surface area contributed by atoms with Gasteiger partial charge in [0, 0.05) is 31.2 Å². The molecule has 0 aromatic rings. The number of hydrogen-bond donors (Lipinski definition) is 1. The van der Waals surface area contributed by atoms with Crippen LogP contribution in [0.2, 0.25) is 0 Å². The molecule has 98 valence electrons. The molecule has 2 aliphatic heterocycles. The van der Waals surface area contributed by atoms with Crippen LogP contribution in [0.5, 0.6) is 0 Å². The normalized spacial score (nSPS) is 40.4. The van der Waals surface area contributed by atoms with Crippen molar-refractivity contribution < 1.29 is 0 Å². The van der Waals surface area contributed by atoms with E-state index in [0.29, 0.717) is 0 Å². The van der Waals surface area contributed by atoms with Gasteiger partial charge in [0.05, 0.1) is 0 Å². The van der Waals surface area contributed by atoms with Gasteiger partial charge >= 0.3 is 0 Å². The summed E-state index contributed by atoms with van der Waals surface area (Å²) in [7, 11) is 2.14. The van der Waals surface area contributed by atoms with Crippen molar-refractivity contribution in [2.75, 3.05) is 33.2 Å². The molecular weight excluding hydrogens is 210 g/mol. The lowest BCUT2D eigenvalue weighted by Gasteiger charge is -2.30. The zero-order valence-electron chi connectivity index (χ0n) is 11.2. The molecule has 17 heavy (non-hydrogen) atoms. The van der Waals surface area contributed by atoms with Crippen LogP contribution in [0.3, 0.4) is 0 Å². The van der Waals surface area contributed by atoms with Crippen molar-refractivity contribution in [3.63, 3.8) is 0 Å². The maximum atomic E-state index is 3.52. The summed E-state index contributed by atoms with van der Waals surface area (Å²) >= 11 is 0. The van der Waals surface area contributed by atoms with Gasteiger partial charge in [-0.2, -0.15) is 0 Å². The smallest absolute Gasteiger partial charge is 0.0249 e. The maximum Gasteiger partial charge on any atom is 0.0249 e. The molecule has 3 aliphatic rings. The Morgan fingerprint density at radius 1 is 0.882 bits per heavy atom. The van der Waals surface area contributed by atoms with Crippen LogP contribution in [0.25, 0.3) is 0 Å². The predicted molar refractivity (Wildman–Crippen MR) is 71.3 cm³/mol. The highest BCUT2D eigenvalue weighted by molar-refractivity contribution is 4.95. The molecule has 3 atom stereocenters. The van der Waals surface area contributed by atoms with Crippen LogP contribution in [-0.4, -0.2) is 61.2 Å². The van der Waals surface area contributed by atoms with Crippen LogP contribution in [0.4, 0.5) is 0 Å². The van der Waals surface area contributed by atoms with Crippen LogP contribution in [0.15, 0.2) is 0 Å². The Kier molecular flexibility index (Phi) is 3.69. The second kappa shape index (κ2) is 5.25. The van der Waals surface area contributed by atoms with E-state index in [-0.39, 0.29) is 0 Å². The highest BCUT2D eigenvalue weighted by Gasteiger charge is 2.37. The molecular formula is C14H27N3. The van der Waals surface area contributed by atoms with E-state index in [4.69, 9.17) is 0 Å². The number of likely N-dealkylation sites (tertiary alicyclic amines) is 2. The summed E-state index contributed by atoms with van der Waals surface area (Å²) in [6.45, 7) is 5.39. The first-order valence-corrected chi connectivity index (χ1v) is 7.54. The molecule has 3 heteroatoms. The Labute approximate surface area is 106 Å². The van der Waals surface area contributed by atoms with E-state index in [9.17, 15) is 0 Å². The Morgan fingerprint density at radius 2 is 1.71 bits per heavy atom. The molecule has 1 aliphatic carbocycles. The molecule has 3 nitrogen and oxygen atoms in total. The number of nitrogens with zero attached hydrogens (tertiary/aromatic N) is 2. The fourth-order valence-electron chi connectivity index (χ4n) is 4.19. The largest absolute Gasteiger partial charge is 0.315 e. The molecule has 0 spiro atoms. The summed E-state index contributed by atoms with van der Waals surface area (Å²) in [5, 5.41) is 3.52. The minimum atomic E-state index is 0.757. The minimum absolute atomic E-state index is 0.757. The molecule has 2 saturated heterocycles. The van der Waals surface area contributed by atoms with Crippen molar-refractivity contribution in [2.45, 2.75) is 56.7 Å². The van der Waals surface area contributed by atoms with Gasteiger partial charge in [-0.25, -0.2) is 0 Å². The lowest BCUT2D eigenvalue weighted by Crippen LogP contribution is -2.46. The molecule has 2 heterocycles. The topological polar surface area (TPSA) is 18.5 Å². The third kappa shape index (κ3) is 2.38. The van der Waals surface area contributed by atoms with Gasteiger partial charge in [-0.15, -0.1) is 0 Å². The molecule has 1 saturated carbocycles. The van der Waals surface area contributed by atoms with E-state index in [0.717, 1.165) is 18.1 Å². The van der Waals surface area contributed by atoms with E-state index in [1.54, 1.807) is 0 Å². The quantitative estimate of drug-likeness (QED) is 0.798. The minimum Gasteiger partial charge on any atom is -0.315 e. The summed E-state index contributed by atoms with van der Waals surface area (Å²) in [6, 6.07) is 2.45. The third-order valence-electron chi connectivity index (χ3n) is 5.17. The lowest BCUT2D eigenvalue weighted by molar-refractivity contribution is 0.184. The van der Waals surface area contributed by atoms with Crippen LogP contribution in [0, 0.1) is 0 Å². The fourth-order valence-corrected chi connectivity index (χ4v) is 4.19. The predicted octanol–water partition coefficient (Wildman–Crippen LogP) is 1.30. The highest BCUT2D eigenvalue weighted by atomic mass is 15.3. The van der Waals surface area contributed by atoms with Gasteiger partial charge in [-0.3, -0.25) is 9.80 Å². The number of likely N-dealkylation sites (N-methyl/N-ethyl adjacent to an activating group) is 1. The molecule has 3 fully saturated rings. The standard InChI is InChI=1S/C14H27N3/c1-15-13-5-4-6-14(13)17-10-7-12(11-17)16-8-2-3-9-16/h12-15H,2-11H2,1H3. The van der Waals surface area contributed by atoms with Gasteiger partial charge in [0.25, 0.3) is 0 Å². The fraction of sp³-hybridized carbons (Fsp3) is 1.00. The second-order valence-electron chi connectivity index (χ2n) is 6.07. The van der Waals surface area contributed by atoms with Gasteiger partial charge in [-0.1, -0.05) is 6.42 Å². The van der Waals surface area contributed by atoms with E-state index >= 15 is 0 Å². The first-order chi connectivity index (χ1) is 8.38. The van der Waals surface area contributed by atoms with Gasteiger partial charge in [-0.05, 0) is 52.2 Å². The van der Waals surface area contributed by atoms with Crippen LogP contribution in [-0.2, 0) is 0 Å². The molecule has 1 N–H and O–H groups in total. The summed E-state index contributed by atoms with van der Waals surface area (Å²) < 4.78 is 0. The van der Waals surface area contributed by atoms with Crippen molar-refractivity contribution in [1.82, 2.24) is 15.1 Å². The Hall–Kier alpha value is -0.120. The van der Waals surface area contributed by atoms with E-state index in [2.05, 4.69) is 22.2 Å². The molecule has 0 aromatic heterocycles. The molecule has 0 radical (unpaired) electrons. The number of hydrogen-bond acceptors (Lipinski definition) is 3. The zero-order chi connectivity index (χ0) is 11.7. The van der Waals surface area contributed by atoms with Crippen LogP contribution in [0.1, 0.15) is 38.5 Å². The first kappa shape index (κ1) is 11.9. The van der Waals surface area contributed by atoms with E-state index < -0.39 is 0 Å². The molecule has 0 amide bonds. The van der Waals surface area contributed by atoms with Gasteiger partial charge in [0.1, 0.15) is 0 Å². The van der Waals surface area contributed by atoms with Crippen molar-refractivity contribution in [2.24, 2.45) is 0 Å². The second-order valence-corrected chi connectivity index (χ2v) is 6.07. The summed E-state index contributed by atoms with van der Waals surface area (Å²) in [4.78, 5) is 5.51. The van der Waals surface area contributed by atoms with Gasteiger partial charge in [0.15, 0.2) is 0 Å². The molecule has 0 bridgehead atoms. The Bertz CT molecular complexity index is 250. The lowest BCUT2D eigenvalue weighted by atomic mass is 10.1. The molecule has 3 rings (SSSR count). The summed E-state index contributed by atoms with van der Waals surface area (Å²) in [5.74, 6) is 0. The Morgan fingerprint density at radius 3 is 2.47 bits per heavy atom. The third-order valence-corrected chi connectivity index (χ3v) is 5.17. The Balaban J connectivity index is 1.56. The maximum absolute atomic E-state index is 3.52. The molecule has 3 unspecified atom stereocenters. The van der Waals surface area contributed by atoms with Crippen LogP contribution >= 0.6 is 0 Å². The summed E-state index contributed by atoms with van der Waals surface area (Å²) in [5.41, 5.74) is 0. The average molecular weight is 237 g/mol. The molecule has 0 aromatic carbocycles. The van der Waals surface area contributed by atoms with Crippen molar-refractivity contribution in [3.05, 3.63) is 0 Å². The van der Waals surface area contributed by atoms with E-state index in [1.807, 2.05) is 0 Å². The average Bonchev–Trinajstić information content (AvgIpc) is 3.09. The highest BCUT2D eigenvalue weighted by Crippen LogP contribution is 2.29. The summed E-state index contributed by atoms with van der Waals surface area (Å²) in [6.07, 6.45) is 8.48. The van der Waals surface area contributed by atoms with Gasteiger partial charge in [0.2, 0.25) is 0 Å². The van der Waals surface area contributed by atoms with Gasteiger partial charge < -0.3 is 5.32 Å².